The predicted molar refractivity (Wildman–Crippen MR) is 86.2 cm³/mol. The molecule has 21 heavy (non-hydrogen) atoms. The van der Waals surface area contributed by atoms with E-state index in [0.717, 1.165) is 11.3 Å². The van der Waals surface area contributed by atoms with Crippen LogP contribution in [0.15, 0.2) is 60.7 Å². The maximum atomic E-state index is 12.0. The van der Waals surface area contributed by atoms with Gasteiger partial charge in [0.25, 0.3) is 5.91 Å². The van der Waals surface area contributed by atoms with Crippen LogP contribution in [0.3, 0.4) is 0 Å². The van der Waals surface area contributed by atoms with Gasteiger partial charge in [0.15, 0.2) is 0 Å². The lowest BCUT2D eigenvalue weighted by Gasteiger charge is -2.08. The van der Waals surface area contributed by atoms with Gasteiger partial charge in [0.1, 0.15) is 12.4 Å². The van der Waals surface area contributed by atoms with Crippen molar-refractivity contribution in [1.29, 1.82) is 0 Å². The molecule has 1 N–H and O–H groups in total. The van der Waals surface area contributed by atoms with Crippen molar-refractivity contribution in [3.63, 3.8) is 0 Å². The molecule has 0 aliphatic rings. The van der Waals surface area contributed by atoms with Gasteiger partial charge in [0.2, 0.25) is 0 Å². The van der Waals surface area contributed by atoms with E-state index < -0.39 is 0 Å². The van der Waals surface area contributed by atoms with Crippen LogP contribution in [0.2, 0.25) is 5.02 Å². The maximum Gasteiger partial charge on any atom is 0.255 e. The third-order valence-electron chi connectivity index (χ3n) is 2.70. The molecule has 0 bridgehead atoms. The Labute approximate surface area is 129 Å². The van der Waals surface area contributed by atoms with E-state index in [1.807, 2.05) is 6.92 Å². The Balaban J connectivity index is 1.98. The Hall–Kier alpha value is -2.26. The van der Waals surface area contributed by atoms with Crippen molar-refractivity contribution in [2.45, 2.75) is 6.92 Å². The molecule has 0 heterocycles. The molecule has 0 atom stereocenters. The van der Waals surface area contributed by atoms with Crippen LogP contribution < -0.4 is 10.1 Å². The Kier molecular flexibility index (Phi) is 5.01. The van der Waals surface area contributed by atoms with E-state index in [4.69, 9.17) is 16.3 Å². The van der Waals surface area contributed by atoms with E-state index in [0.29, 0.717) is 22.9 Å². The van der Waals surface area contributed by atoms with E-state index in [1.165, 1.54) is 0 Å². The molecule has 0 saturated heterocycles. The largest absolute Gasteiger partial charge is 0.489 e. The first-order valence-corrected chi connectivity index (χ1v) is 6.86. The predicted octanol–water partition coefficient (Wildman–Crippen LogP) is 4.55. The van der Waals surface area contributed by atoms with Crippen LogP contribution in [0.25, 0.3) is 0 Å². The fraction of sp³-hybridized carbons (Fsp3) is 0.118. The van der Waals surface area contributed by atoms with Gasteiger partial charge in [-0.15, -0.1) is 0 Å². The first kappa shape index (κ1) is 15.1. The minimum absolute atomic E-state index is 0.178. The molecule has 0 unspecified atom stereocenters. The molecule has 0 radical (unpaired) electrons. The van der Waals surface area contributed by atoms with E-state index in [-0.39, 0.29) is 5.91 Å². The zero-order valence-corrected chi connectivity index (χ0v) is 12.5. The number of hydrogen-bond donors (Lipinski definition) is 1. The van der Waals surface area contributed by atoms with Crippen LogP contribution in [-0.2, 0) is 0 Å². The molecular formula is C17H16ClNO2. The molecule has 0 saturated carbocycles. The average molecular weight is 302 g/mol. The number of benzene rings is 2. The number of amides is 1. The standard InChI is InChI=1S/C17H16ClNO2/c1-12(2)11-21-16-9-7-15(8-10-16)19-17(20)13-3-5-14(18)6-4-13/h3-10H,1,11H2,2H3,(H,19,20). The second-order valence-corrected chi connectivity index (χ2v) is 5.17. The molecule has 4 heteroatoms. The van der Waals surface area contributed by atoms with E-state index in [2.05, 4.69) is 11.9 Å². The van der Waals surface area contributed by atoms with Gasteiger partial charge >= 0.3 is 0 Å². The Morgan fingerprint density at radius 3 is 2.33 bits per heavy atom. The van der Waals surface area contributed by atoms with Crippen LogP contribution in [0.5, 0.6) is 5.75 Å². The summed E-state index contributed by atoms with van der Waals surface area (Å²) in [5.74, 6) is 0.560. The van der Waals surface area contributed by atoms with Crippen molar-refractivity contribution >= 4 is 23.2 Å². The molecule has 3 nitrogen and oxygen atoms in total. The number of halogens is 1. The Bertz CT molecular complexity index is 633. The highest BCUT2D eigenvalue weighted by atomic mass is 35.5. The van der Waals surface area contributed by atoms with E-state index in [1.54, 1.807) is 48.5 Å². The molecule has 2 rings (SSSR count). The molecule has 0 aliphatic carbocycles. The number of anilines is 1. The topological polar surface area (TPSA) is 38.3 Å². The second kappa shape index (κ2) is 6.95. The molecule has 2 aromatic carbocycles. The number of carbonyl (C=O) groups is 1. The average Bonchev–Trinajstić information content (AvgIpc) is 2.47. The first-order valence-electron chi connectivity index (χ1n) is 6.49. The Morgan fingerprint density at radius 1 is 1.14 bits per heavy atom. The third kappa shape index (κ3) is 4.65. The summed E-state index contributed by atoms with van der Waals surface area (Å²) in [6.07, 6.45) is 0. The van der Waals surface area contributed by atoms with E-state index >= 15 is 0 Å². The van der Waals surface area contributed by atoms with E-state index in [9.17, 15) is 4.79 Å². The molecule has 2 aromatic rings. The van der Waals surface area contributed by atoms with Crippen molar-refractivity contribution in [2.24, 2.45) is 0 Å². The maximum absolute atomic E-state index is 12.0. The number of rotatable bonds is 5. The summed E-state index contributed by atoms with van der Waals surface area (Å²) in [4.78, 5) is 12.0. The molecule has 0 aromatic heterocycles. The van der Waals surface area contributed by atoms with Crippen molar-refractivity contribution < 1.29 is 9.53 Å². The van der Waals surface area contributed by atoms with Crippen LogP contribution in [-0.4, -0.2) is 12.5 Å². The molecular weight excluding hydrogens is 286 g/mol. The Morgan fingerprint density at radius 2 is 1.76 bits per heavy atom. The quantitative estimate of drug-likeness (QED) is 0.823. The molecule has 108 valence electrons. The highest BCUT2D eigenvalue weighted by Crippen LogP contribution is 2.17. The summed E-state index contributed by atoms with van der Waals surface area (Å²) in [5, 5.41) is 3.42. The van der Waals surface area contributed by atoms with Crippen molar-refractivity contribution in [3.05, 3.63) is 71.3 Å². The molecule has 1 amide bonds. The number of hydrogen-bond acceptors (Lipinski definition) is 2. The zero-order chi connectivity index (χ0) is 15.2. The van der Waals surface area contributed by atoms with Gasteiger partial charge in [0.05, 0.1) is 0 Å². The van der Waals surface area contributed by atoms with Crippen LogP contribution in [0.1, 0.15) is 17.3 Å². The van der Waals surface area contributed by atoms with Gasteiger partial charge in [0, 0.05) is 16.3 Å². The van der Waals surface area contributed by atoms with Crippen molar-refractivity contribution in [1.82, 2.24) is 0 Å². The van der Waals surface area contributed by atoms with Gasteiger partial charge in [-0.05, 0) is 61.0 Å². The summed E-state index contributed by atoms with van der Waals surface area (Å²) in [7, 11) is 0. The highest BCUT2D eigenvalue weighted by Gasteiger charge is 2.05. The van der Waals surface area contributed by atoms with Crippen molar-refractivity contribution in [2.75, 3.05) is 11.9 Å². The highest BCUT2D eigenvalue weighted by molar-refractivity contribution is 6.30. The van der Waals surface area contributed by atoms with Gasteiger partial charge in [-0.1, -0.05) is 18.2 Å². The van der Waals surface area contributed by atoms with Gasteiger partial charge in [-0.2, -0.15) is 0 Å². The number of nitrogens with one attached hydrogen (secondary N) is 1. The lowest BCUT2D eigenvalue weighted by molar-refractivity contribution is 0.102. The summed E-state index contributed by atoms with van der Waals surface area (Å²) in [6, 6.07) is 13.9. The normalized spacial score (nSPS) is 10.0. The minimum Gasteiger partial charge on any atom is -0.489 e. The summed E-state index contributed by atoms with van der Waals surface area (Å²) < 4.78 is 5.50. The molecule has 0 fully saturated rings. The molecule has 0 spiro atoms. The summed E-state index contributed by atoms with van der Waals surface area (Å²) in [6.45, 7) is 6.16. The fourth-order valence-electron chi connectivity index (χ4n) is 1.65. The van der Waals surface area contributed by atoms with Gasteiger partial charge in [-0.25, -0.2) is 0 Å². The second-order valence-electron chi connectivity index (χ2n) is 4.73. The smallest absolute Gasteiger partial charge is 0.255 e. The van der Waals surface area contributed by atoms with Crippen LogP contribution >= 0.6 is 11.6 Å². The van der Waals surface area contributed by atoms with Crippen LogP contribution in [0, 0.1) is 0 Å². The van der Waals surface area contributed by atoms with Crippen molar-refractivity contribution in [3.8, 4) is 5.75 Å². The van der Waals surface area contributed by atoms with Crippen LogP contribution in [0.4, 0.5) is 5.69 Å². The summed E-state index contributed by atoms with van der Waals surface area (Å²) >= 11 is 5.79. The molecule has 0 aliphatic heterocycles. The fourth-order valence-corrected chi connectivity index (χ4v) is 1.77. The van der Waals surface area contributed by atoms with Gasteiger partial charge in [-0.3, -0.25) is 4.79 Å². The van der Waals surface area contributed by atoms with Gasteiger partial charge < -0.3 is 10.1 Å². The number of carbonyl (C=O) groups excluding carboxylic acids is 1. The monoisotopic (exact) mass is 301 g/mol. The number of ether oxygens (including phenoxy) is 1. The SMILES string of the molecule is C=C(C)COc1ccc(NC(=O)c2ccc(Cl)cc2)cc1. The third-order valence-corrected chi connectivity index (χ3v) is 2.96. The zero-order valence-electron chi connectivity index (χ0n) is 11.7. The lowest BCUT2D eigenvalue weighted by atomic mass is 10.2. The first-order chi connectivity index (χ1) is 10.0. The summed E-state index contributed by atoms with van der Waals surface area (Å²) in [5.41, 5.74) is 2.22. The minimum atomic E-state index is -0.178. The lowest BCUT2D eigenvalue weighted by Crippen LogP contribution is -2.11.